The zero-order valence-electron chi connectivity index (χ0n) is 11.1. The standard InChI is InChI=1S/C16H22N2/c1-3-4-5-8-11-17-16-12-13(2)14-9-6-7-10-15(14)18-16/h6-7,9-10,12,17-18H,2-5,8,11H2,1H3. The first kappa shape index (κ1) is 12.7. The lowest BCUT2D eigenvalue weighted by atomic mass is 10.0. The number of nitrogens with one attached hydrogen (secondary N) is 2. The molecule has 2 rings (SSSR count). The van der Waals surface area contributed by atoms with E-state index in [4.69, 9.17) is 0 Å². The van der Waals surface area contributed by atoms with E-state index in [1.165, 1.54) is 31.2 Å². The van der Waals surface area contributed by atoms with Gasteiger partial charge in [0.1, 0.15) is 5.82 Å². The van der Waals surface area contributed by atoms with Crippen molar-refractivity contribution in [1.29, 1.82) is 0 Å². The van der Waals surface area contributed by atoms with Crippen LogP contribution >= 0.6 is 0 Å². The fraction of sp³-hybridized carbons (Fsp3) is 0.375. The van der Waals surface area contributed by atoms with Gasteiger partial charge in [0.25, 0.3) is 0 Å². The number of anilines is 1. The summed E-state index contributed by atoms with van der Waals surface area (Å²) in [5, 5.41) is 6.85. The van der Waals surface area contributed by atoms with E-state index in [1.54, 1.807) is 0 Å². The second-order valence-electron chi connectivity index (χ2n) is 4.74. The fourth-order valence-corrected chi connectivity index (χ4v) is 2.18. The lowest BCUT2D eigenvalue weighted by Gasteiger charge is -2.21. The molecule has 0 fully saturated rings. The molecule has 0 amide bonds. The van der Waals surface area contributed by atoms with Gasteiger partial charge in [-0.1, -0.05) is 51.0 Å². The smallest absolute Gasteiger partial charge is 0.104 e. The zero-order chi connectivity index (χ0) is 12.8. The highest BCUT2D eigenvalue weighted by Gasteiger charge is 2.11. The summed E-state index contributed by atoms with van der Waals surface area (Å²) >= 11 is 0. The topological polar surface area (TPSA) is 24.1 Å². The summed E-state index contributed by atoms with van der Waals surface area (Å²) < 4.78 is 0. The first-order chi connectivity index (χ1) is 8.81. The largest absolute Gasteiger partial charge is 0.372 e. The van der Waals surface area contributed by atoms with E-state index in [0.717, 1.165) is 23.6 Å². The van der Waals surface area contributed by atoms with Crippen LogP contribution in [-0.4, -0.2) is 6.54 Å². The van der Waals surface area contributed by atoms with Gasteiger partial charge >= 0.3 is 0 Å². The molecule has 0 spiro atoms. The van der Waals surface area contributed by atoms with Gasteiger partial charge in [-0.15, -0.1) is 0 Å². The average Bonchev–Trinajstić information content (AvgIpc) is 2.39. The van der Waals surface area contributed by atoms with Crippen LogP contribution in [0.1, 0.15) is 38.2 Å². The van der Waals surface area contributed by atoms with E-state index in [-0.39, 0.29) is 0 Å². The molecule has 0 radical (unpaired) electrons. The monoisotopic (exact) mass is 242 g/mol. The third kappa shape index (κ3) is 3.16. The van der Waals surface area contributed by atoms with Crippen molar-refractivity contribution in [2.75, 3.05) is 11.9 Å². The van der Waals surface area contributed by atoms with Crippen LogP contribution in [0.3, 0.4) is 0 Å². The van der Waals surface area contributed by atoms with Crippen LogP contribution in [0.4, 0.5) is 5.69 Å². The number of hydrogen-bond donors (Lipinski definition) is 2. The number of fused-ring (bicyclic) bond motifs is 1. The number of unbranched alkanes of at least 4 members (excludes halogenated alkanes) is 3. The predicted octanol–water partition coefficient (Wildman–Crippen LogP) is 4.14. The Morgan fingerprint density at radius 3 is 2.83 bits per heavy atom. The molecule has 0 atom stereocenters. The van der Waals surface area contributed by atoms with Gasteiger partial charge in [0.2, 0.25) is 0 Å². The highest BCUT2D eigenvalue weighted by Crippen LogP contribution is 2.28. The Balaban J connectivity index is 1.87. The minimum atomic E-state index is 1.02. The van der Waals surface area contributed by atoms with Gasteiger partial charge in [-0.05, 0) is 24.1 Å². The van der Waals surface area contributed by atoms with Gasteiger partial charge in [0.15, 0.2) is 0 Å². The van der Waals surface area contributed by atoms with Crippen molar-refractivity contribution in [3.05, 3.63) is 48.3 Å². The molecule has 0 unspecified atom stereocenters. The first-order valence-corrected chi connectivity index (χ1v) is 6.82. The molecule has 0 saturated carbocycles. The Labute approximate surface area is 110 Å². The number of hydrogen-bond acceptors (Lipinski definition) is 2. The fourth-order valence-electron chi connectivity index (χ4n) is 2.18. The quantitative estimate of drug-likeness (QED) is 0.733. The normalized spacial score (nSPS) is 13.6. The molecule has 0 saturated heterocycles. The molecule has 1 heterocycles. The summed E-state index contributed by atoms with van der Waals surface area (Å²) in [7, 11) is 0. The van der Waals surface area contributed by atoms with Crippen molar-refractivity contribution in [3.8, 4) is 0 Å². The summed E-state index contributed by atoms with van der Waals surface area (Å²) in [6.45, 7) is 7.36. The van der Waals surface area contributed by atoms with E-state index < -0.39 is 0 Å². The van der Waals surface area contributed by atoms with Gasteiger partial charge in [-0.25, -0.2) is 0 Å². The summed E-state index contributed by atoms with van der Waals surface area (Å²) in [5.41, 5.74) is 3.40. The Kier molecular flexibility index (Phi) is 4.46. The molecule has 1 aromatic rings. The Bertz CT molecular complexity index is 446. The summed E-state index contributed by atoms with van der Waals surface area (Å²) in [6, 6.07) is 8.28. The molecule has 0 aromatic heterocycles. The molecule has 1 aromatic carbocycles. The van der Waals surface area contributed by atoms with Gasteiger partial charge in [-0.2, -0.15) is 0 Å². The maximum atomic E-state index is 4.11. The van der Waals surface area contributed by atoms with Crippen LogP contribution in [0.5, 0.6) is 0 Å². The molecule has 1 aliphatic heterocycles. The Morgan fingerprint density at radius 2 is 2.00 bits per heavy atom. The highest BCUT2D eigenvalue weighted by atomic mass is 15.1. The van der Waals surface area contributed by atoms with Gasteiger partial charge in [-0.3, -0.25) is 0 Å². The predicted molar refractivity (Wildman–Crippen MR) is 79.3 cm³/mol. The van der Waals surface area contributed by atoms with Crippen LogP contribution in [0.15, 0.2) is 42.7 Å². The number of benzene rings is 1. The van der Waals surface area contributed by atoms with E-state index in [2.05, 4.69) is 42.3 Å². The molecule has 0 bridgehead atoms. The van der Waals surface area contributed by atoms with Crippen LogP contribution in [-0.2, 0) is 0 Å². The third-order valence-corrected chi connectivity index (χ3v) is 3.21. The van der Waals surface area contributed by atoms with Gasteiger partial charge < -0.3 is 10.6 Å². The first-order valence-electron chi connectivity index (χ1n) is 6.82. The maximum Gasteiger partial charge on any atom is 0.104 e. The summed E-state index contributed by atoms with van der Waals surface area (Å²) in [4.78, 5) is 0. The van der Waals surface area contributed by atoms with Crippen LogP contribution in [0.2, 0.25) is 0 Å². The molecular weight excluding hydrogens is 220 g/mol. The Morgan fingerprint density at radius 1 is 1.17 bits per heavy atom. The minimum Gasteiger partial charge on any atom is -0.372 e. The van der Waals surface area contributed by atoms with Crippen molar-refractivity contribution < 1.29 is 0 Å². The lowest BCUT2D eigenvalue weighted by Crippen LogP contribution is -2.23. The van der Waals surface area contributed by atoms with Crippen molar-refractivity contribution in [2.24, 2.45) is 0 Å². The van der Waals surface area contributed by atoms with Crippen molar-refractivity contribution in [1.82, 2.24) is 5.32 Å². The molecule has 96 valence electrons. The van der Waals surface area contributed by atoms with Crippen LogP contribution in [0.25, 0.3) is 5.57 Å². The van der Waals surface area contributed by atoms with Crippen molar-refractivity contribution in [2.45, 2.75) is 32.6 Å². The second kappa shape index (κ2) is 6.29. The van der Waals surface area contributed by atoms with E-state index in [1.807, 2.05) is 12.1 Å². The van der Waals surface area contributed by atoms with E-state index in [0.29, 0.717) is 0 Å². The highest BCUT2D eigenvalue weighted by molar-refractivity contribution is 5.85. The molecule has 2 heteroatoms. The molecule has 1 aliphatic rings. The van der Waals surface area contributed by atoms with Crippen molar-refractivity contribution >= 4 is 11.3 Å². The second-order valence-corrected chi connectivity index (χ2v) is 4.74. The van der Waals surface area contributed by atoms with Crippen LogP contribution < -0.4 is 10.6 Å². The van der Waals surface area contributed by atoms with E-state index >= 15 is 0 Å². The maximum absolute atomic E-state index is 4.11. The molecular formula is C16H22N2. The zero-order valence-corrected chi connectivity index (χ0v) is 11.1. The van der Waals surface area contributed by atoms with Gasteiger partial charge in [0.05, 0.1) is 0 Å². The summed E-state index contributed by atoms with van der Waals surface area (Å²) in [6.07, 6.45) is 7.21. The number of para-hydroxylation sites is 1. The Hall–Kier alpha value is -1.70. The van der Waals surface area contributed by atoms with Crippen LogP contribution in [0, 0.1) is 0 Å². The van der Waals surface area contributed by atoms with E-state index in [9.17, 15) is 0 Å². The average molecular weight is 242 g/mol. The molecule has 0 aliphatic carbocycles. The molecule has 2 nitrogen and oxygen atoms in total. The molecule has 18 heavy (non-hydrogen) atoms. The molecule has 2 N–H and O–H groups in total. The van der Waals surface area contributed by atoms with Crippen molar-refractivity contribution in [3.63, 3.8) is 0 Å². The van der Waals surface area contributed by atoms with Gasteiger partial charge in [0, 0.05) is 17.8 Å². The summed E-state index contributed by atoms with van der Waals surface area (Å²) in [5.74, 6) is 1.06. The number of allylic oxidation sites excluding steroid dienone is 2. The SMILES string of the molecule is C=C1C=C(NCCCCCC)Nc2ccccc21. The number of rotatable bonds is 6. The lowest BCUT2D eigenvalue weighted by molar-refractivity contribution is 0.636. The minimum absolute atomic E-state index is 1.02. The third-order valence-electron chi connectivity index (χ3n) is 3.21.